The molecular formula is C44H43BBr3F2O6P. The van der Waals surface area contributed by atoms with Crippen LogP contribution in [0.25, 0.3) is 32.7 Å². The third-order valence-corrected chi connectivity index (χ3v) is 10.9. The summed E-state index contributed by atoms with van der Waals surface area (Å²) in [5.74, 6) is 2.13. The molecule has 0 aliphatic carbocycles. The zero-order valence-corrected chi connectivity index (χ0v) is 37.0. The highest BCUT2D eigenvalue weighted by Gasteiger charge is 2.15. The van der Waals surface area contributed by atoms with Crippen LogP contribution in [0.5, 0.6) is 23.0 Å². The van der Waals surface area contributed by atoms with E-state index >= 15 is 0 Å². The monoisotopic (exact) mass is 984 g/mol. The van der Waals surface area contributed by atoms with Crippen molar-refractivity contribution in [2.24, 2.45) is 0 Å². The first-order valence-electron chi connectivity index (χ1n) is 16.8. The van der Waals surface area contributed by atoms with Crippen LogP contribution < -0.4 is 29.7 Å². The maximum Gasteiger partial charge on any atom is 0.491 e. The number of benzene rings is 7. The largest absolute Gasteiger partial charge is 0.496 e. The molecule has 0 aliphatic rings. The Morgan fingerprint density at radius 3 is 1.28 bits per heavy atom. The van der Waals surface area contributed by atoms with E-state index in [0.717, 1.165) is 57.8 Å². The van der Waals surface area contributed by atoms with Gasteiger partial charge < -0.3 is 29.0 Å². The van der Waals surface area contributed by atoms with Gasteiger partial charge in [-0.05, 0) is 148 Å². The first-order chi connectivity index (χ1) is 26.8. The molecule has 2 N–H and O–H groups in total. The van der Waals surface area contributed by atoms with E-state index in [1.54, 1.807) is 40.6 Å². The van der Waals surface area contributed by atoms with Gasteiger partial charge in [-0.25, -0.2) is 8.78 Å². The van der Waals surface area contributed by atoms with Gasteiger partial charge in [0, 0.05) is 16.6 Å². The summed E-state index contributed by atoms with van der Waals surface area (Å²) in [5.41, 5.74) is 2.48. The van der Waals surface area contributed by atoms with Gasteiger partial charge in [0.05, 0.1) is 41.9 Å². The highest BCUT2D eigenvalue weighted by atomic mass is 79.9. The van der Waals surface area contributed by atoms with Crippen LogP contribution in [-0.2, 0) is 0 Å². The van der Waals surface area contributed by atoms with Gasteiger partial charge in [0.1, 0.15) is 34.6 Å². The average molecular weight is 987 g/mol. The zero-order chi connectivity index (χ0) is 40.9. The number of halogens is 5. The van der Waals surface area contributed by atoms with Crippen molar-refractivity contribution in [1.29, 1.82) is 0 Å². The maximum absolute atomic E-state index is 14.1. The van der Waals surface area contributed by atoms with Gasteiger partial charge >= 0.3 is 7.12 Å². The van der Waals surface area contributed by atoms with E-state index in [1.807, 2.05) is 66.7 Å². The first-order valence-corrected chi connectivity index (χ1v) is 19.8. The van der Waals surface area contributed by atoms with Gasteiger partial charge in [0.15, 0.2) is 0 Å². The summed E-state index contributed by atoms with van der Waals surface area (Å²) in [7, 11) is 7.48. The molecule has 0 aliphatic heterocycles. The number of hydrogen-bond donors (Lipinski definition) is 2. The lowest BCUT2D eigenvalue weighted by Crippen LogP contribution is -2.32. The summed E-state index contributed by atoms with van der Waals surface area (Å²) in [5, 5.41) is 22.5. The highest BCUT2D eigenvalue weighted by molar-refractivity contribution is 9.11. The van der Waals surface area contributed by atoms with Crippen LogP contribution >= 0.6 is 57.0 Å². The van der Waals surface area contributed by atoms with Crippen molar-refractivity contribution in [2.75, 3.05) is 28.4 Å². The molecule has 13 heteroatoms. The summed E-state index contributed by atoms with van der Waals surface area (Å²) < 4.78 is 50.6. The third-order valence-electron chi connectivity index (χ3n) is 8.35. The molecule has 298 valence electrons. The lowest BCUT2D eigenvalue weighted by atomic mass is 9.80. The smallest absolute Gasteiger partial charge is 0.491 e. The molecule has 7 aromatic rings. The Balaban J connectivity index is 0.000000218. The predicted molar refractivity (Wildman–Crippen MR) is 246 cm³/mol. The molecule has 0 saturated carbocycles. The number of methoxy groups -OCH3 is 4. The lowest BCUT2D eigenvalue weighted by Gasteiger charge is -2.13. The minimum Gasteiger partial charge on any atom is -0.496 e. The number of fused-ring (bicyclic) bond motifs is 2. The fraction of sp³-hybridized carbons (Fsp3) is 0.136. The molecular weight excluding hydrogens is 944 g/mol. The van der Waals surface area contributed by atoms with Crippen molar-refractivity contribution in [3.05, 3.63) is 152 Å². The molecule has 0 fully saturated rings. The molecule has 0 spiro atoms. The zero-order valence-electron chi connectivity index (χ0n) is 31.1. The van der Waals surface area contributed by atoms with Gasteiger partial charge in [0.25, 0.3) is 0 Å². The van der Waals surface area contributed by atoms with E-state index in [-0.39, 0.29) is 18.7 Å². The highest BCUT2D eigenvalue weighted by Crippen LogP contribution is 2.39. The second kappa shape index (κ2) is 22.8. The Labute approximate surface area is 360 Å². The van der Waals surface area contributed by atoms with Crippen LogP contribution in [0.4, 0.5) is 8.78 Å². The second-order valence-corrected chi connectivity index (χ2v) is 15.1. The fourth-order valence-electron chi connectivity index (χ4n) is 5.33. The van der Waals surface area contributed by atoms with E-state index in [1.165, 1.54) is 41.2 Å². The molecule has 7 aromatic carbocycles. The summed E-state index contributed by atoms with van der Waals surface area (Å²) in [4.78, 5) is 0. The van der Waals surface area contributed by atoms with E-state index in [4.69, 9.17) is 29.0 Å². The van der Waals surface area contributed by atoms with Gasteiger partial charge in [-0.3, -0.25) is 0 Å². The van der Waals surface area contributed by atoms with Crippen LogP contribution in [-0.4, -0.2) is 45.6 Å². The van der Waals surface area contributed by atoms with Gasteiger partial charge in [-0.15, -0.1) is 9.24 Å². The Morgan fingerprint density at radius 2 is 0.895 bits per heavy atom. The van der Waals surface area contributed by atoms with Crippen LogP contribution in [0.3, 0.4) is 0 Å². The molecule has 0 amide bonds. The molecule has 0 radical (unpaired) electrons. The Bertz CT molecular complexity index is 2350. The molecule has 0 saturated heterocycles. The number of hydrogen-bond acceptors (Lipinski definition) is 6. The first kappa shape index (κ1) is 47.4. The van der Waals surface area contributed by atoms with Crippen LogP contribution in [0, 0.1) is 18.6 Å². The molecule has 57 heavy (non-hydrogen) atoms. The average Bonchev–Trinajstić information content (AvgIpc) is 3.19. The van der Waals surface area contributed by atoms with Crippen molar-refractivity contribution in [3.8, 4) is 34.1 Å². The molecule has 1 atom stereocenters. The normalized spacial score (nSPS) is 10.1. The predicted octanol–water partition coefficient (Wildman–Crippen LogP) is 11.4. The number of rotatable bonds is 6. The summed E-state index contributed by atoms with van der Waals surface area (Å²) >= 11 is 10.4. The maximum atomic E-state index is 14.1. The van der Waals surface area contributed by atoms with Crippen molar-refractivity contribution < 1.29 is 37.8 Å². The van der Waals surface area contributed by atoms with Gasteiger partial charge in [-0.1, -0.05) is 68.1 Å². The van der Waals surface area contributed by atoms with Crippen LogP contribution in [0.2, 0.25) is 0 Å². The SMILES string of the molecule is C.COc1cc2cc(OC)c(-c3ccccc3F)cc2cc1Br.COc1cc2cc(OC)c(Br)cc2cc1Br.Cc1ccccc1P.OB(O)c1ccccc1F. The van der Waals surface area contributed by atoms with Crippen molar-refractivity contribution in [3.63, 3.8) is 0 Å². The molecule has 7 rings (SSSR count). The minimum absolute atomic E-state index is 0. The molecule has 1 unspecified atom stereocenters. The Hall–Kier alpha value is -4.03. The standard InChI is InChI=1S/C18H14BrFO2.C12H10Br2O2.C7H9P.C6H6BFO2.CH4/c1-21-17-9-12-10-18(22-2)15(19)8-11(12)7-14(17)13-5-3-4-6-16(13)20;1-15-11-5-8-6-12(16-2)10(14)4-7(8)3-9(11)13;1-6-4-2-3-5-7(6)8;8-6-4-2-1-3-5(6)7(9)10;/h3-10H,1-2H3;3-6H,1-2H3;2-5H,8H2,1H3;1-4,9-10H;1H4. The summed E-state index contributed by atoms with van der Waals surface area (Å²) in [6.07, 6.45) is 0. The summed E-state index contributed by atoms with van der Waals surface area (Å²) in [6.45, 7) is 2.10. The molecule has 0 heterocycles. The quantitative estimate of drug-likeness (QED) is 0.128. The Kier molecular flexibility index (Phi) is 18.9. The number of aryl methyl sites for hydroxylation is 1. The van der Waals surface area contributed by atoms with Crippen molar-refractivity contribution in [2.45, 2.75) is 14.4 Å². The molecule has 0 aromatic heterocycles. The summed E-state index contributed by atoms with van der Waals surface area (Å²) in [6, 6.07) is 36.2. The number of ether oxygens (including phenoxy) is 4. The van der Waals surface area contributed by atoms with Gasteiger partial charge in [0.2, 0.25) is 0 Å². The molecule has 0 bridgehead atoms. The topological polar surface area (TPSA) is 77.4 Å². The van der Waals surface area contributed by atoms with Crippen LogP contribution in [0.1, 0.15) is 13.0 Å². The third kappa shape index (κ3) is 12.7. The van der Waals surface area contributed by atoms with E-state index in [2.05, 4.69) is 76.1 Å². The van der Waals surface area contributed by atoms with E-state index in [0.29, 0.717) is 11.3 Å². The molecule has 6 nitrogen and oxygen atoms in total. The lowest BCUT2D eigenvalue weighted by molar-refractivity contribution is 0.411. The van der Waals surface area contributed by atoms with Crippen molar-refractivity contribution >= 4 is 96.5 Å². The fourth-order valence-corrected chi connectivity index (χ4v) is 7.11. The Morgan fingerprint density at radius 1 is 0.509 bits per heavy atom. The van der Waals surface area contributed by atoms with Crippen LogP contribution in [0.15, 0.2) is 135 Å². The van der Waals surface area contributed by atoms with Crippen molar-refractivity contribution in [1.82, 2.24) is 0 Å². The van der Waals surface area contributed by atoms with Gasteiger partial charge in [-0.2, -0.15) is 0 Å². The minimum atomic E-state index is -1.72. The second-order valence-electron chi connectivity index (χ2n) is 11.9. The van der Waals surface area contributed by atoms with E-state index in [9.17, 15) is 8.78 Å². The van der Waals surface area contributed by atoms with E-state index < -0.39 is 12.9 Å².